The third kappa shape index (κ3) is 3.73. The summed E-state index contributed by atoms with van der Waals surface area (Å²) in [5, 5.41) is 0. The van der Waals surface area contributed by atoms with Gasteiger partial charge in [-0.1, -0.05) is 6.07 Å². The summed E-state index contributed by atoms with van der Waals surface area (Å²) in [6.07, 6.45) is 10.2. The lowest BCUT2D eigenvalue weighted by atomic mass is 9.96. The van der Waals surface area contributed by atoms with Crippen LogP contribution in [0.5, 0.6) is 0 Å². The van der Waals surface area contributed by atoms with Crippen LogP contribution < -0.4 is 5.56 Å². The fourth-order valence-electron chi connectivity index (χ4n) is 3.53. The Morgan fingerprint density at radius 3 is 2.67 bits per heavy atom. The topological polar surface area (TPSA) is 51.0 Å². The fourth-order valence-corrected chi connectivity index (χ4v) is 3.53. The Bertz CT molecular complexity index is 731. The number of piperidine rings is 1. The SMILES string of the molecule is O=c1cc(C2CC2)ncn1CC1CCN(Cc2cccnc2)CC1. The number of hydrogen-bond donors (Lipinski definition) is 0. The van der Waals surface area contributed by atoms with Crippen molar-refractivity contribution in [2.24, 2.45) is 5.92 Å². The second kappa shape index (κ2) is 6.85. The Labute approximate surface area is 142 Å². The molecule has 4 rings (SSSR count). The van der Waals surface area contributed by atoms with Gasteiger partial charge >= 0.3 is 0 Å². The lowest BCUT2D eigenvalue weighted by Gasteiger charge is -2.32. The summed E-state index contributed by atoms with van der Waals surface area (Å²) >= 11 is 0. The summed E-state index contributed by atoms with van der Waals surface area (Å²) in [5.41, 5.74) is 2.37. The van der Waals surface area contributed by atoms with Gasteiger partial charge in [-0.15, -0.1) is 0 Å². The summed E-state index contributed by atoms with van der Waals surface area (Å²) in [6, 6.07) is 5.87. The van der Waals surface area contributed by atoms with Gasteiger partial charge in [-0.3, -0.25) is 19.2 Å². The largest absolute Gasteiger partial charge is 0.299 e. The minimum atomic E-state index is 0.115. The van der Waals surface area contributed by atoms with Crippen molar-refractivity contribution in [3.63, 3.8) is 0 Å². The van der Waals surface area contributed by atoms with Crippen LogP contribution in [0.25, 0.3) is 0 Å². The molecule has 0 N–H and O–H groups in total. The monoisotopic (exact) mass is 324 g/mol. The van der Waals surface area contributed by atoms with Crippen LogP contribution in [0.15, 0.2) is 41.7 Å². The first-order chi connectivity index (χ1) is 11.8. The number of likely N-dealkylation sites (tertiary alicyclic amines) is 1. The molecule has 5 heteroatoms. The predicted octanol–water partition coefficient (Wildman–Crippen LogP) is 2.43. The summed E-state index contributed by atoms with van der Waals surface area (Å²) in [6.45, 7) is 3.94. The van der Waals surface area contributed by atoms with Gasteiger partial charge in [-0.25, -0.2) is 4.98 Å². The second-order valence-electron chi connectivity index (χ2n) is 7.16. The smallest absolute Gasteiger partial charge is 0.253 e. The van der Waals surface area contributed by atoms with E-state index < -0.39 is 0 Å². The Morgan fingerprint density at radius 1 is 1.17 bits per heavy atom. The second-order valence-corrected chi connectivity index (χ2v) is 7.16. The highest BCUT2D eigenvalue weighted by atomic mass is 16.1. The molecule has 2 fully saturated rings. The molecule has 2 aromatic rings. The van der Waals surface area contributed by atoms with E-state index in [0.29, 0.717) is 11.8 Å². The minimum Gasteiger partial charge on any atom is -0.299 e. The molecule has 1 saturated heterocycles. The Morgan fingerprint density at radius 2 is 2.00 bits per heavy atom. The average molecular weight is 324 g/mol. The van der Waals surface area contributed by atoms with Crippen LogP contribution in [0.4, 0.5) is 0 Å². The van der Waals surface area contributed by atoms with Gasteiger partial charge in [0.05, 0.1) is 12.0 Å². The molecular formula is C19H24N4O. The molecule has 24 heavy (non-hydrogen) atoms. The first kappa shape index (κ1) is 15.5. The molecular weight excluding hydrogens is 300 g/mol. The van der Waals surface area contributed by atoms with Crippen molar-refractivity contribution in [2.75, 3.05) is 13.1 Å². The third-order valence-electron chi connectivity index (χ3n) is 5.19. The van der Waals surface area contributed by atoms with Crippen molar-refractivity contribution in [1.29, 1.82) is 0 Å². The Hall–Kier alpha value is -2.01. The molecule has 0 unspecified atom stereocenters. The maximum atomic E-state index is 12.3. The fraction of sp³-hybridized carbons (Fsp3) is 0.526. The number of rotatable bonds is 5. The van der Waals surface area contributed by atoms with Crippen molar-refractivity contribution < 1.29 is 0 Å². The Balaban J connectivity index is 1.31. The van der Waals surface area contributed by atoms with Crippen LogP contribution in [0.1, 0.15) is 42.9 Å². The molecule has 1 saturated carbocycles. The highest BCUT2D eigenvalue weighted by Crippen LogP contribution is 2.38. The number of pyridine rings is 1. The van der Waals surface area contributed by atoms with Gasteiger partial charge in [0.1, 0.15) is 0 Å². The van der Waals surface area contributed by atoms with Gasteiger partial charge in [-0.05, 0) is 56.3 Å². The highest BCUT2D eigenvalue weighted by molar-refractivity contribution is 5.12. The Kier molecular flexibility index (Phi) is 4.43. The zero-order chi connectivity index (χ0) is 16.4. The van der Waals surface area contributed by atoms with Crippen molar-refractivity contribution in [1.82, 2.24) is 19.4 Å². The molecule has 0 radical (unpaired) electrons. The first-order valence-electron chi connectivity index (χ1n) is 8.95. The molecule has 1 aliphatic carbocycles. The van der Waals surface area contributed by atoms with Gasteiger partial charge < -0.3 is 0 Å². The molecule has 0 spiro atoms. The molecule has 126 valence electrons. The maximum absolute atomic E-state index is 12.3. The van der Waals surface area contributed by atoms with Crippen LogP contribution in [0.2, 0.25) is 0 Å². The molecule has 0 bridgehead atoms. The summed E-state index contributed by atoms with van der Waals surface area (Å²) in [4.78, 5) is 23.4. The zero-order valence-corrected chi connectivity index (χ0v) is 14.0. The molecule has 3 heterocycles. The molecule has 1 aliphatic heterocycles. The first-order valence-corrected chi connectivity index (χ1v) is 8.95. The molecule has 0 atom stereocenters. The van der Waals surface area contributed by atoms with Crippen LogP contribution >= 0.6 is 0 Å². The standard InChI is InChI=1S/C19H24N4O/c24-19-10-18(17-3-4-17)21-14-23(19)13-15-5-8-22(9-6-15)12-16-2-1-7-20-11-16/h1-2,7,10-11,14-15,17H,3-6,8-9,12-13H2. The summed E-state index contributed by atoms with van der Waals surface area (Å²) in [5.74, 6) is 1.12. The maximum Gasteiger partial charge on any atom is 0.253 e. The van der Waals surface area contributed by atoms with Crippen LogP contribution in [-0.4, -0.2) is 32.5 Å². The summed E-state index contributed by atoms with van der Waals surface area (Å²) < 4.78 is 1.80. The van der Waals surface area contributed by atoms with E-state index >= 15 is 0 Å². The van der Waals surface area contributed by atoms with E-state index in [9.17, 15) is 4.79 Å². The van der Waals surface area contributed by atoms with E-state index in [-0.39, 0.29) is 5.56 Å². The van der Waals surface area contributed by atoms with Gasteiger partial charge in [0.25, 0.3) is 5.56 Å². The van der Waals surface area contributed by atoms with Crippen LogP contribution in [0.3, 0.4) is 0 Å². The normalized spacial score (nSPS) is 19.5. The molecule has 0 amide bonds. The van der Waals surface area contributed by atoms with Crippen molar-refractivity contribution in [3.05, 3.63) is 58.5 Å². The highest BCUT2D eigenvalue weighted by Gasteiger charge is 2.26. The quantitative estimate of drug-likeness (QED) is 0.847. The van der Waals surface area contributed by atoms with Crippen molar-refractivity contribution in [2.45, 2.75) is 44.7 Å². The molecule has 2 aromatic heterocycles. The average Bonchev–Trinajstić information content (AvgIpc) is 3.44. The van der Waals surface area contributed by atoms with Gasteiger partial charge in [0, 0.05) is 37.5 Å². The molecule has 2 aliphatic rings. The van der Waals surface area contributed by atoms with E-state index in [1.165, 1.54) is 18.4 Å². The van der Waals surface area contributed by atoms with Gasteiger partial charge in [-0.2, -0.15) is 0 Å². The van der Waals surface area contributed by atoms with E-state index in [4.69, 9.17) is 0 Å². The lowest BCUT2D eigenvalue weighted by Crippen LogP contribution is -2.36. The number of aromatic nitrogens is 3. The summed E-state index contributed by atoms with van der Waals surface area (Å²) in [7, 11) is 0. The van der Waals surface area contributed by atoms with E-state index in [2.05, 4.69) is 20.9 Å². The van der Waals surface area contributed by atoms with Crippen molar-refractivity contribution in [3.8, 4) is 0 Å². The van der Waals surface area contributed by atoms with E-state index in [1.54, 1.807) is 17.0 Å². The number of nitrogens with zero attached hydrogens (tertiary/aromatic N) is 4. The van der Waals surface area contributed by atoms with Crippen molar-refractivity contribution >= 4 is 0 Å². The van der Waals surface area contributed by atoms with E-state index in [1.807, 2.05) is 18.5 Å². The van der Waals surface area contributed by atoms with Gasteiger partial charge in [0.15, 0.2) is 0 Å². The minimum absolute atomic E-state index is 0.115. The van der Waals surface area contributed by atoms with Gasteiger partial charge in [0.2, 0.25) is 0 Å². The van der Waals surface area contributed by atoms with Crippen LogP contribution in [-0.2, 0) is 13.1 Å². The van der Waals surface area contributed by atoms with E-state index in [0.717, 1.165) is 44.7 Å². The third-order valence-corrected chi connectivity index (χ3v) is 5.19. The van der Waals surface area contributed by atoms with Crippen LogP contribution in [0, 0.1) is 5.92 Å². The predicted molar refractivity (Wildman–Crippen MR) is 92.7 cm³/mol. The molecule has 5 nitrogen and oxygen atoms in total. The number of hydrogen-bond acceptors (Lipinski definition) is 4. The molecule has 0 aromatic carbocycles. The lowest BCUT2D eigenvalue weighted by molar-refractivity contribution is 0.166. The zero-order valence-electron chi connectivity index (χ0n) is 14.0.